The van der Waals surface area contributed by atoms with Gasteiger partial charge in [0, 0.05) is 17.0 Å². The van der Waals surface area contributed by atoms with Crippen LogP contribution >= 0.6 is 39.1 Å². The fourth-order valence-electron chi connectivity index (χ4n) is 1.30. The van der Waals surface area contributed by atoms with E-state index >= 15 is 0 Å². The second-order valence-corrected chi connectivity index (χ2v) is 5.38. The SMILES string of the molecule is O=C(c1ccc(OCCCBr)c([N+](=O)[O-])c1)C(Cl)Cl. The van der Waals surface area contributed by atoms with Gasteiger partial charge in [0.05, 0.1) is 11.5 Å². The minimum atomic E-state index is -1.25. The van der Waals surface area contributed by atoms with Crippen molar-refractivity contribution in [1.29, 1.82) is 0 Å². The van der Waals surface area contributed by atoms with Crippen LogP contribution in [0.15, 0.2) is 18.2 Å². The summed E-state index contributed by atoms with van der Waals surface area (Å²) in [7, 11) is 0. The van der Waals surface area contributed by atoms with Crippen molar-refractivity contribution in [2.75, 3.05) is 11.9 Å². The summed E-state index contributed by atoms with van der Waals surface area (Å²) in [6, 6.07) is 3.88. The number of alkyl halides is 3. The largest absolute Gasteiger partial charge is 0.487 e. The Morgan fingerprint density at radius 1 is 1.47 bits per heavy atom. The van der Waals surface area contributed by atoms with Gasteiger partial charge in [-0.25, -0.2) is 0 Å². The lowest BCUT2D eigenvalue weighted by atomic mass is 10.1. The number of hydrogen-bond acceptors (Lipinski definition) is 4. The summed E-state index contributed by atoms with van der Waals surface area (Å²) < 4.78 is 5.29. The number of ketones is 1. The summed E-state index contributed by atoms with van der Waals surface area (Å²) in [5, 5.41) is 11.7. The first kappa shape index (κ1) is 16.2. The van der Waals surface area contributed by atoms with Gasteiger partial charge in [0.15, 0.2) is 16.4 Å². The Morgan fingerprint density at radius 3 is 2.68 bits per heavy atom. The van der Waals surface area contributed by atoms with E-state index in [9.17, 15) is 14.9 Å². The zero-order valence-electron chi connectivity index (χ0n) is 9.64. The van der Waals surface area contributed by atoms with Crippen LogP contribution in [0, 0.1) is 10.1 Å². The summed E-state index contributed by atoms with van der Waals surface area (Å²) in [4.78, 5) is 20.6. The second-order valence-electron chi connectivity index (χ2n) is 3.50. The first-order valence-corrected chi connectivity index (χ1v) is 7.26. The Balaban J connectivity index is 3.01. The van der Waals surface area contributed by atoms with Crippen molar-refractivity contribution < 1.29 is 14.5 Å². The summed E-state index contributed by atoms with van der Waals surface area (Å²) in [5.74, 6) is -0.471. The summed E-state index contributed by atoms with van der Waals surface area (Å²) in [6.07, 6.45) is 0.712. The zero-order chi connectivity index (χ0) is 14.4. The second kappa shape index (κ2) is 7.67. The smallest absolute Gasteiger partial charge is 0.311 e. The molecular formula is C11H10BrCl2NO4. The third-order valence-electron chi connectivity index (χ3n) is 2.17. The van der Waals surface area contributed by atoms with Gasteiger partial charge in [0.1, 0.15) is 0 Å². The van der Waals surface area contributed by atoms with Gasteiger partial charge in [-0.05, 0) is 18.6 Å². The predicted molar refractivity (Wildman–Crippen MR) is 76.8 cm³/mol. The Hall–Kier alpha value is -0.850. The van der Waals surface area contributed by atoms with E-state index in [1.807, 2.05) is 0 Å². The Morgan fingerprint density at radius 2 is 2.16 bits per heavy atom. The third-order valence-corrected chi connectivity index (χ3v) is 3.13. The van der Waals surface area contributed by atoms with Crippen molar-refractivity contribution in [3.63, 3.8) is 0 Å². The summed E-state index contributed by atoms with van der Waals surface area (Å²) in [6.45, 7) is 0.340. The molecule has 0 atom stereocenters. The van der Waals surface area contributed by atoms with Crippen molar-refractivity contribution in [2.45, 2.75) is 11.3 Å². The van der Waals surface area contributed by atoms with Crippen molar-refractivity contribution in [1.82, 2.24) is 0 Å². The topological polar surface area (TPSA) is 69.4 Å². The quantitative estimate of drug-likeness (QED) is 0.241. The molecule has 19 heavy (non-hydrogen) atoms. The highest BCUT2D eigenvalue weighted by molar-refractivity contribution is 9.09. The molecule has 5 nitrogen and oxygen atoms in total. The number of benzene rings is 1. The molecule has 0 bridgehead atoms. The van der Waals surface area contributed by atoms with Crippen LogP contribution in [0.4, 0.5) is 5.69 Å². The lowest BCUT2D eigenvalue weighted by Crippen LogP contribution is -2.09. The average Bonchev–Trinajstić information content (AvgIpc) is 2.38. The van der Waals surface area contributed by atoms with E-state index in [1.165, 1.54) is 12.1 Å². The molecule has 0 saturated carbocycles. The highest BCUT2D eigenvalue weighted by Crippen LogP contribution is 2.29. The number of nitro benzene ring substituents is 1. The number of carbonyl (C=O) groups is 1. The molecule has 1 rings (SSSR count). The van der Waals surface area contributed by atoms with Crippen molar-refractivity contribution in [2.24, 2.45) is 0 Å². The number of rotatable bonds is 7. The molecule has 8 heteroatoms. The number of carbonyl (C=O) groups excluding carboxylic acids is 1. The van der Waals surface area contributed by atoms with Crippen molar-refractivity contribution >= 4 is 50.6 Å². The van der Waals surface area contributed by atoms with Gasteiger partial charge in [0.2, 0.25) is 0 Å². The Bertz CT molecular complexity index is 482. The molecule has 0 fully saturated rings. The molecule has 0 saturated heterocycles. The van der Waals surface area contributed by atoms with E-state index in [0.29, 0.717) is 13.0 Å². The first-order valence-electron chi connectivity index (χ1n) is 5.27. The summed E-state index contributed by atoms with van der Waals surface area (Å²) in [5.41, 5.74) is -0.205. The lowest BCUT2D eigenvalue weighted by Gasteiger charge is -2.07. The monoisotopic (exact) mass is 369 g/mol. The molecular weight excluding hydrogens is 361 g/mol. The number of ether oxygens (including phenoxy) is 1. The fraction of sp³-hybridized carbons (Fsp3) is 0.364. The number of nitro groups is 1. The molecule has 1 aromatic carbocycles. The van der Waals surface area contributed by atoms with Crippen LogP contribution < -0.4 is 4.74 Å². The molecule has 0 spiro atoms. The van der Waals surface area contributed by atoms with Crippen molar-refractivity contribution in [3.05, 3.63) is 33.9 Å². The molecule has 104 valence electrons. The van der Waals surface area contributed by atoms with E-state index in [1.54, 1.807) is 0 Å². The Labute approximate surface area is 128 Å². The van der Waals surface area contributed by atoms with Gasteiger partial charge >= 0.3 is 5.69 Å². The molecule has 0 aliphatic rings. The van der Waals surface area contributed by atoms with Gasteiger partial charge in [-0.3, -0.25) is 14.9 Å². The van der Waals surface area contributed by atoms with Crippen LogP contribution in [-0.4, -0.2) is 27.5 Å². The number of Topliss-reactive ketones (excluding diaryl/α,β-unsaturated/α-hetero) is 1. The zero-order valence-corrected chi connectivity index (χ0v) is 12.7. The maximum atomic E-state index is 11.6. The van der Waals surface area contributed by atoms with E-state index in [-0.39, 0.29) is 17.0 Å². The number of halogens is 3. The Kier molecular flexibility index (Phi) is 6.54. The molecule has 0 unspecified atom stereocenters. The highest BCUT2D eigenvalue weighted by atomic mass is 79.9. The number of hydrogen-bond donors (Lipinski definition) is 0. The minimum absolute atomic E-state index is 0.0783. The van der Waals surface area contributed by atoms with Crippen LogP contribution in [0.3, 0.4) is 0 Å². The van der Waals surface area contributed by atoms with E-state index < -0.39 is 15.5 Å². The normalized spacial score (nSPS) is 10.5. The average molecular weight is 371 g/mol. The van der Waals surface area contributed by atoms with Crippen LogP contribution in [0.25, 0.3) is 0 Å². The van der Waals surface area contributed by atoms with Crippen LogP contribution in [0.1, 0.15) is 16.8 Å². The molecule has 0 N–H and O–H groups in total. The number of nitrogens with zero attached hydrogens (tertiary/aromatic N) is 1. The lowest BCUT2D eigenvalue weighted by molar-refractivity contribution is -0.385. The standard InChI is InChI=1S/C11H10BrCl2NO4/c12-4-1-5-19-9-3-2-7(10(16)11(13)14)6-8(9)15(17)18/h2-3,6,11H,1,4-5H2. The molecule has 0 aliphatic heterocycles. The van der Waals surface area contributed by atoms with E-state index in [0.717, 1.165) is 11.4 Å². The molecule has 0 amide bonds. The third kappa shape index (κ3) is 4.63. The first-order chi connectivity index (χ1) is 8.97. The maximum absolute atomic E-state index is 11.6. The van der Waals surface area contributed by atoms with Gasteiger partial charge in [-0.2, -0.15) is 0 Å². The molecule has 0 heterocycles. The van der Waals surface area contributed by atoms with Gasteiger partial charge < -0.3 is 4.74 Å². The van der Waals surface area contributed by atoms with Crippen LogP contribution in [0.5, 0.6) is 5.75 Å². The molecule has 0 aromatic heterocycles. The van der Waals surface area contributed by atoms with E-state index in [2.05, 4.69) is 15.9 Å². The van der Waals surface area contributed by atoms with Gasteiger partial charge in [-0.1, -0.05) is 39.1 Å². The van der Waals surface area contributed by atoms with Gasteiger partial charge in [-0.15, -0.1) is 0 Å². The van der Waals surface area contributed by atoms with Gasteiger partial charge in [0.25, 0.3) is 0 Å². The highest BCUT2D eigenvalue weighted by Gasteiger charge is 2.21. The summed E-state index contributed by atoms with van der Waals surface area (Å²) >= 11 is 14.1. The molecule has 0 radical (unpaired) electrons. The van der Waals surface area contributed by atoms with E-state index in [4.69, 9.17) is 27.9 Å². The molecule has 1 aromatic rings. The van der Waals surface area contributed by atoms with Crippen LogP contribution in [-0.2, 0) is 0 Å². The van der Waals surface area contributed by atoms with Crippen LogP contribution in [0.2, 0.25) is 0 Å². The fourth-order valence-corrected chi connectivity index (χ4v) is 1.78. The maximum Gasteiger partial charge on any atom is 0.311 e. The predicted octanol–water partition coefficient (Wildman–Crippen LogP) is 3.75. The van der Waals surface area contributed by atoms with Crippen molar-refractivity contribution in [3.8, 4) is 5.75 Å². The molecule has 0 aliphatic carbocycles. The minimum Gasteiger partial charge on any atom is -0.487 e.